The number of carbonyl (C=O) groups excluding carboxylic acids is 1. The first kappa shape index (κ1) is 19.2. The zero-order valence-corrected chi connectivity index (χ0v) is 13.6. The van der Waals surface area contributed by atoms with E-state index in [0.29, 0.717) is 11.1 Å². The first-order chi connectivity index (χ1) is 11.5. The summed E-state index contributed by atoms with van der Waals surface area (Å²) < 4.78 is 52.5. The van der Waals surface area contributed by atoms with Gasteiger partial charge in [-0.15, -0.1) is 0 Å². The Balaban J connectivity index is 2.15. The van der Waals surface area contributed by atoms with Crippen LogP contribution in [0.25, 0.3) is 0 Å². The van der Waals surface area contributed by atoms with E-state index >= 15 is 0 Å². The second kappa shape index (κ2) is 7.03. The fourth-order valence-corrected chi connectivity index (χ4v) is 2.87. The Morgan fingerprint density at radius 2 is 2.12 bits per heavy atom. The smallest absolute Gasteiger partial charge is 0.418 e. The zero-order chi connectivity index (χ0) is 18.9. The standard InChI is InChI=1S/C14H14ClF4N3O3/c1-6-9(16)3-10(22(6)13(24)25)12(23)21-4-7-2-11(15)20-5-8(7)14(17,18)19/h2,5-6,9-10H,3-4H2,1H3,(H,21,23)(H,24,25)/t6-,9+,10-/m0/s1. The fourth-order valence-electron chi connectivity index (χ4n) is 2.69. The molecule has 1 saturated heterocycles. The van der Waals surface area contributed by atoms with Crippen LogP contribution in [0.1, 0.15) is 24.5 Å². The number of nitrogens with zero attached hydrogens (tertiary/aromatic N) is 2. The minimum absolute atomic E-state index is 0.192. The molecule has 1 fully saturated rings. The minimum Gasteiger partial charge on any atom is -0.465 e. The van der Waals surface area contributed by atoms with Gasteiger partial charge >= 0.3 is 12.3 Å². The summed E-state index contributed by atoms with van der Waals surface area (Å²) in [4.78, 5) is 27.4. The lowest BCUT2D eigenvalue weighted by Gasteiger charge is -2.24. The molecule has 25 heavy (non-hydrogen) atoms. The van der Waals surface area contributed by atoms with Crippen LogP contribution in [0.3, 0.4) is 0 Å². The van der Waals surface area contributed by atoms with Crippen LogP contribution >= 0.6 is 11.6 Å². The van der Waals surface area contributed by atoms with Crippen LogP contribution in [0.15, 0.2) is 12.3 Å². The first-order valence-electron chi connectivity index (χ1n) is 7.17. The largest absolute Gasteiger partial charge is 0.465 e. The molecule has 0 bridgehead atoms. The van der Waals surface area contributed by atoms with Crippen LogP contribution in [-0.2, 0) is 17.5 Å². The fraction of sp³-hybridized carbons (Fsp3) is 0.500. The highest BCUT2D eigenvalue weighted by Crippen LogP contribution is 2.32. The highest BCUT2D eigenvalue weighted by Gasteiger charge is 2.45. The van der Waals surface area contributed by atoms with E-state index in [1.165, 1.54) is 6.92 Å². The number of hydrogen-bond donors (Lipinski definition) is 2. The Morgan fingerprint density at radius 3 is 2.68 bits per heavy atom. The van der Waals surface area contributed by atoms with Crippen molar-refractivity contribution in [2.75, 3.05) is 0 Å². The van der Waals surface area contributed by atoms with Crippen molar-refractivity contribution >= 4 is 23.6 Å². The van der Waals surface area contributed by atoms with Gasteiger partial charge in [-0.25, -0.2) is 14.2 Å². The maximum Gasteiger partial charge on any atom is 0.418 e. The molecule has 2 heterocycles. The molecule has 3 atom stereocenters. The highest BCUT2D eigenvalue weighted by atomic mass is 35.5. The molecule has 0 unspecified atom stereocenters. The molecule has 0 radical (unpaired) electrons. The molecular formula is C14H14ClF4N3O3. The molecule has 0 saturated carbocycles. The van der Waals surface area contributed by atoms with Crippen molar-refractivity contribution in [2.24, 2.45) is 0 Å². The molecule has 1 aromatic heterocycles. The second-order valence-electron chi connectivity index (χ2n) is 5.58. The highest BCUT2D eigenvalue weighted by molar-refractivity contribution is 6.29. The number of carbonyl (C=O) groups is 2. The summed E-state index contributed by atoms with van der Waals surface area (Å²) in [6.07, 6.45) is -7.52. The molecule has 6 nitrogen and oxygen atoms in total. The number of amides is 2. The SMILES string of the molecule is C[C@H]1[C@H](F)C[C@@H](C(=O)NCc2cc(Cl)ncc2C(F)(F)F)N1C(=O)O. The first-order valence-corrected chi connectivity index (χ1v) is 7.54. The van der Waals surface area contributed by atoms with Crippen LogP contribution in [-0.4, -0.2) is 45.2 Å². The van der Waals surface area contributed by atoms with Gasteiger partial charge in [0.1, 0.15) is 17.4 Å². The summed E-state index contributed by atoms with van der Waals surface area (Å²) >= 11 is 5.59. The average molecular weight is 384 g/mol. The van der Waals surface area contributed by atoms with Gasteiger partial charge in [-0.1, -0.05) is 11.6 Å². The van der Waals surface area contributed by atoms with E-state index in [9.17, 15) is 27.2 Å². The van der Waals surface area contributed by atoms with Gasteiger partial charge in [0.25, 0.3) is 0 Å². The van der Waals surface area contributed by atoms with E-state index in [0.717, 1.165) is 6.07 Å². The molecule has 1 aliphatic rings. The summed E-state index contributed by atoms with van der Waals surface area (Å²) in [7, 11) is 0. The molecule has 1 aromatic rings. The molecule has 1 aliphatic heterocycles. The minimum atomic E-state index is -4.70. The number of hydrogen-bond acceptors (Lipinski definition) is 3. The maximum atomic E-state index is 13.7. The quantitative estimate of drug-likeness (QED) is 0.621. The number of carboxylic acid groups (broad SMARTS) is 1. The molecule has 138 valence electrons. The van der Waals surface area contributed by atoms with Crippen molar-refractivity contribution in [1.29, 1.82) is 0 Å². The van der Waals surface area contributed by atoms with E-state index in [4.69, 9.17) is 16.7 Å². The van der Waals surface area contributed by atoms with E-state index < -0.39 is 48.5 Å². The molecule has 11 heteroatoms. The van der Waals surface area contributed by atoms with Crippen molar-refractivity contribution in [3.05, 3.63) is 28.5 Å². The molecule has 2 N–H and O–H groups in total. The van der Waals surface area contributed by atoms with Crippen molar-refractivity contribution < 1.29 is 32.3 Å². The number of nitrogens with one attached hydrogen (secondary N) is 1. The molecular weight excluding hydrogens is 370 g/mol. The lowest BCUT2D eigenvalue weighted by Crippen LogP contribution is -2.48. The predicted molar refractivity (Wildman–Crippen MR) is 78.7 cm³/mol. The van der Waals surface area contributed by atoms with Gasteiger partial charge in [-0.3, -0.25) is 9.69 Å². The lowest BCUT2D eigenvalue weighted by molar-refractivity contribution is -0.138. The third-order valence-electron chi connectivity index (χ3n) is 3.98. The van der Waals surface area contributed by atoms with E-state index in [1.54, 1.807) is 0 Å². The summed E-state index contributed by atoms with van der Waals surface area (Å²) in [5.41, 5.74) is -1.40. The van der Waals surface area contributed by atoms with Crippen LogP contribution in [0, 0.1) is 0 Å². The van der Waals surface area contributed by atoms with E-state index in [-0.39, 0.29) is 17.1 Å². The summed E-state index contributed by atoms with van der Waals surface area (Å²) in [5, 5.41) is 11.1. The van der Waals surface area contributed by atoms with Gasteiger partial charge in [0.2, 0.25) is 5.91 Å². The molecule has 0 spiro atoms. The third kappa shape index (κ3) is 4.12. The third-order valence-corrected chi connectivity index (χ3v) is 4.19. The van der Waals surface area contributed by atoms with Gasteiger partial charge < -0.3 is 10.4 Å². The van der Waals surface area contributed by atoms with Gasteiger partial charge in [0.15, 0.2) is 0 Å². The Kier molecular flexibility index (Phi) is 5.40. The van der Waals surface area contributed by atoms with Gasteiger partial charge in [-0.05, 0) is 18.6 Å². The Labute approximate surface area is 144 Å². The number of aromatic nitrogens is 1. The lowest BCUT2D eigenvalue weighted by atomic mass is 10.1. The van der Waals surface area contributed by atoms with E-state index in [1.807, 2.05) is 0 Å². The van der Waals surface area contributed by atoms with Crippen LogP contribution in [0.5, 0.6) is 0 Å². The number of alkyl halides is 4. The van der Waals surface area contributed by atoms with Gasteiger partial charge in [0.05, 0.1) is 11.6 Å². The number of rotatable bonds is 3. The van der Waals surface area contributed by atoms with Crippen LogP contribution in [0.2, 0.25) is 5.15 Å². The number of pyridine rings is 1. The predicted octanol–water partition coefficient (Wildman–Crippen LogP) is 2.85. The Hall–Kier alpha value is -2.10. The normalized spacial score (nSPS) is 23.6. The monoisotopic (exact) mass is 383 g/mol. The van der Waals surface area contributed by atoms with Crippen molar-refractivity contribution in [3.8, 4) is 0 Å². The maximum absolute atomic E-state index is 13.7. The van der Waals surface area contributed by atoms with Gasteiger partial charge in [-0.2, -0.15) is 13.2 Å². The number of halogens is 5. The molecule has 0 aromatic carbocycles. The topological polar surface area (TPSA) is 82.5 Å². The summed E-state index contributed by atoms with van der Waals surface area (Å²) in [6.45, 7) is 0.766. The van der Waals surface area contributed by atoms with E-state index in [2.05, 4.69) is 10.3 Å². The number of likely N-dealkylation sites (tertiary alicyclic amines) is 1. The summed E-state index contributed by atoms with van der Waals surface area (Å²) in [6, 6.07) is -1.38. The van der Waals surface area contributed by atoms with Crippen LogP contribution in [0.4, 0.5) is 22.4 Å². The van der Waals surface area contributed by atoms with Crippen molar-refractivity contribution in [3.63, 3.8) is 0 Å². The average Bonchev–Trinajstić information content (AvgIpc) is 2.79. The van der Waals surface area contributed by atoms with Crippen LogP contribution < -0.4 is 5.32 Å². The van der Waals surface area contributed by atoms with Crippen molar-refractivity contribution in [1.82, 2.24) is 15.2 Å². The van der Waals surface area contributed by atoms with Gasteiger partial charge in [0, 0.05) is 19.2 Å². The molecule has 2 amide bonds. The zero-order valence-electron chi connectivity index (χ0n) is 12.8. The molecule has 2 rings (SSSR count). The Bertz CT molecular complexity index is 686. The Morgan fingerprint density at radius 1 is 1.48 bits per heavy atom. The molecule has 0 aliphatic carbocycles. The van der Waals surface area contributed by atoms with Crippen molar-refractivity contribution in [2.45, 2.75) is 44.3 Å². The summed E-state index contributed by atoms with van der Waals surface area (Å²) in [5.74, 6) is -0.879. The second-order valence-corrected chi connectivity index (χ2v) is 5.96.